The molecule has 3 N–H and O–H groups in total. The summed E-state index contributed by atoms with van der Waals surface area (Å²) in [4.78, 5) is 73.1. The van der Waals surface area contributed by atoms with Crippen molar-refractivity contribution in [2.24, 2.45) is 23.7 Å². The molecular formula is C44H76N6O7S. The minimum Gasteiger partial charge on any atom is -0.379 e. The van der Waals surface area contributed by atoms with Crippen LogP contribution in [0.3, 0.4) is 0 Å². The average molecular weight is 833 g/mol. The lowest BCUT2D eigenvalue weighted by Crippen LogP contribution is -2.59. The Morgan fingerprint density at radius 2 is 1.52 bits per heavy atom. The molecule has 0 saturated carbocycles. The Balaban J connectivity index is 2.32. The number of hydrogen-bond donors (Lipinski definition) is 3. The van der Waals surface area contributed by atoms with Crippen molar-refractivity contribution in [3.63, 3.8) is 0 Å². The molecule has 1 aromatic carbocycles. The maximum atomic E-state index is 14.3. The molecule has 0 radical (unpaired) electrons. The van der Waals surface area contributed by atoms with Crippen molar-refractivity contribution in [2.75, 3.05) is 41.1 Å². The summed E-state index contributed by atoms with van der Waals surface area (Å²) in [7, 11) is 6.72. The highest BCUT2D eigenvalue weighted by molar-refractivity contribution is 7.96. The number of carbonyl (C=O) groups excluding carboxylic acids is 5. The first-order valence-electron chi connectivity index (χ1n) is 21.0. The van der Waals surface area contributed by atoms with Crippen LogP contribution >= 0.6 is 11.9 Å². The topological polar surface area (TPSA) is 150 Å². The van der Waals surface area contributed by atoms with E-state index in [-0.39, 0.29) is 59.8 Å². The minimum absolute atomic E-state index is 0.00933. The quantitative estimate of drug-likeness (QED) is 0.139. The molecule has 330 valence electrons. The van der Waals surface area contributed by atoms with E-state index in [1.165, 1.54) is 11.9 Å². The predicted octanol–water partition coefficient (Wildman–Crippen LogP) is 4.92. The number of rotatable bonds is 22. The molecule has 0 aliphatic carbocycles. The van der Waals surface area contributed by atoms with Crippen LogP contribution in [0, 0.1) is 23.7 Å². The van der Waals surface area contributed by atoms with Crippen molar-refractivity contribution in [1.29, 1.82) is 0 Å². The van der Waals surface area contributed by atoms with Crippen LogP contribution in [0.15, 0.2) is 30.3 Å². The molecule has 1 fully saturated rings. The zero-order valence-electron chi connectivity index (χ0n) is 38.1. The van der Waals surface area contributed by atoms with Gasteiger partial charge in [-0.2, -0.15) is 0 Å². The highest BCUT2D eigenvalue weighted by atomic mass is 32.2. The van der Waals surface area contributed by atoms with Crippen molar-refractivity contribution in [3.8, 4) is 0 Å². The number of hydrogen-bond acceptors (Lipinski definition) is 9. The van der Waals surface area contributed by atoms with Gasteiger partial charge in [0.2, 0.25) is 29.5 Å². The van der Waals surface area contributed by atoms with Gasteiger partial charge in [-0.15, -0.1) is 0 Å². The van der Waals surface area contributed by atoms with Gasteiger partial charge in [0.15, 0.2) is 0 Å². The third kappa shape index (κ3) is 14.2. The van der Waals surface area contributed by atoms with Crippen LogP contribution in [-0.2, 0) is 39.9 Å². The summed E-state index contributed by atoms with van der Waals surface area (Å²) in [5.41, 5.74) is 0.422. The number of methoxy groups -OCH3 is 2. The number of carbonyl (C=O) groups is 5. The monoisotopic (exact) mass is 833 g/mol. The number of nitrogens with one attached hydrogen (secondary N) is 3. The lowest BCUT2D eigenvalue weighted by atomic mass is 9.89. The maximum absolute atomic E-state index is 14.3. The molecule has 14 heteroatoms. The van der Waals surface area contributed by atoms with E-state index in [0.29, 0.717) is 19.4 Å². The smallest absolute Gasteiger partial charge is 0.245 e. The Bertz CT molecular complexity index is 1470. The molecule has 58 heavy (non-hydrogen) atoms. The molecule has 2 rings (SSSR count). The van der Waals surface area contributed by atoms with Gasteiger partial charge in [-0.25, -0.2) is 4.31 Å². The van der Waals surface area contributed by atoms with E-state index < -0.39 is 47.8 Å². The van der Waals surface area contributed by atoms with Gasteiger partial charge in [-0.05, 0) is 70.2 Å². The highest BCUT2D eigenvalue weighted by Gasteiger charge is 2.43. The molecule has 1 aliphatic rings. The molecule has 1 aromatic rings. The van der Waals surface area contributed by atoms with E-state index in [0.717, 1.165) is 18.4 Å². The zero-order chi connectivity index (χ0) is 44.1. The molecule has 9 atom stereocenters. The Morgan fingerprint density at radius 1 is 0.897 bits per heavy atom. The molecule has 0 unspecified atom stereocenters. The second-order valence-corrected chi connectivity index (χ2v) is 18.7. The fourth-order valence-corrected chi connectivity index (χ4v) is 8.66. The van der Waals surface area contributed by atoms with Gasteiger partial charge in [-0.1, -0.05) is 97.2 Å². The van der Waals surface area contributed by atoms with Crippen molar-refractivity contribution in [1.82, 2.24) is 30.1 Å². The largest absolute Gasteiger partial charge is 0.379 e. The van der Waals surface area contributed by atoms with Crippen LogP contribution in [0.25, 0.3) is 0 Å². The number of nitrogens with zero attached hydrogens (tertiary/aromatic N) is 3. The molecule has 0 spiro atoms. The SMILES string of the molecule is CC[C@H](C)[C@@H]([C@@H](CC(=O)N1CCC[C@H]1[C@H](OC)[C@@H](C)C(=O)N[C@@H](Cc1ccccc1)C(=O)NC(C)(C)C)OC)N(C)C(=O)[C@@H](NC(=O)[C@H](C(C)C)N(C)SC)C(C)C. The Morgan fingerprint density at radius 3 is 2.02 bits per heavy atom. The van der Waals surface area contributed by atoms with Crippen LogP contribution in [0.1, 0.15) is 100 Å². The summed E-state index contributed by atoms with van der Waals surface area (Å²) in [5, 5.41) is 9.06. The third-order valence-electron chi connectivity index (χ3n) is 11.5. The van der Waals surface area contributed by atoms with Gasteiger partial charge in [0.1, 0.15) is 18.1 Å². The number of benzene rings is 1. The van der Waals surface area contributed by atoms with E-state index >= 15 is 0 Å². The lowest BCUT2D eigenvalue weighted by Gasteiger charge is -2.41. The van der Waals surface area contributed by atoms with Crippen molar-refractivity contribution >= 4 is 41.5 Å². The molecule has 1 aliphatic heterocycles. The molecule has 0 bridgehead atoms. The van der Waals surface area contributed by atoms with Gasteiger partial charge in [0.05, 0.1) is 36.6 Å². The van der Waals surface area contributed by atoms with E-state index in [1.54, 1.807) is 38.0 Å². The standard InChI is InChI=1S/C44H76N6O7S/c1-16-29(6)38(48(11)43(55)36(27(2)3)46-42(54)37(28(4)5)49(12)58-15)34(56-13)26-35(51)50-24-20-23-33(50)39(57-14)30(7)40(52)45-32(41(53)47-44(8,9)10)25-31-21-18-17-19-22-31/h17-19,21-22,27-30,32-34,36-39H,16,20,23-26H2,1-15H3,(H,45,52)(H,46,54)(H,47,53)/t29-,30+,32-,33-,34+,36-,37-,38-,39+/m0/s1. The molecule has 0 aromatic heterocycles. The van der Waals surface area contributed by atoms with Gasteiger partial charge < -0.3 is 35.2 Å². The maximum Gasteiger partial charge on any atom is 0.245 e. The normalized spacial score (nSPS) is 18.9. The summed E-state index contributed by atoms with van der Waals surface area (Å²) < 4.78 is 14.0. The van der Waals surface area contributed by atoms with E-state index in [9.17, 15) is 24.0 Å². The Kier molecular flexibility index (Phi) is 20.7. The third-order valence-corrected chi connectivity index (χ3v) is 12.3. The fourth-order valence-electron chi connectivity index (χ4n) is 8.10. The van der Waals surface area contributed by atoms with E-state index in [1.807, 2.05) is 110 Å². The molecular weight excluding hydrogens is 757 g/mol. The van der Waals surface area contributed by atoms with Gasteiger partial charge >= 0.3 is 0 Å². The summed E-state index contributed by atoms with van der Waals surface area (Å²) in [6.45, 7) is 19.8. The van der Waals surface area contributed by atoms with Crippen LogP contribution in [0.2, 0.25) is 0 Å². The minimum atomic E-state index is -0.813. The number of likely N-dealkylation sites (N-methyl/N-ethyl adjacent to an activating group) is 2. The molecule has 1 saturated heterocycles. The summed E-state index contributed by atoms with van der Waals surface area (Å²) in [5.74, 6) is -2.11. The summed E-state index contributed by atoms with van der Waals surface area (Å²) in [6, 6.07) is 6.69. The Hall–Kier alpha value is -3.20. The first kappa shape index (κ1) is 50.9. The van der Waals surface area contributed by atoms with Gasteiger partial charge in [-0.3, -0.25) is 24.0 Å². The van der Waals surface area contributed by atoms with Crippen molar-refractivity contribution in [2.45, 2.75) is 149 Å². The van der Waals surface area contributed by atoms with E-state index in [2.05, 4.69) is 16.0 Å². The van der Waals surface area contributed by atoms with Crippen LogP contribution in [-0.4, -0.2) is 133 Å². The predicted molar refractivity (Wildman–Crippen MR) is 233 cm³/mol. The van der Waals surface area contributed by atoms with Crippen LogP contribution in [0.5, 0.6) is 0 Å². The zero-order valence-corrected chi connectivity index (χ0v) is 38.9. The summed E-state index contributed by atoms with van der Waals surface area (Å²) >= 11 is 1.47. The lowest BCUT2D eigenvalue weighted by molar-refractivity contribution is -0.148. The van der Waals surface area contributed by atoms with Crippen molar-refractivity contribution < 1.29 is 33.4 Å². The number of ether oxygens (including phenoxy) is 2. The number of amides is 5. The summed E-state index contributed by atoms with van der Waals surface area (Å²) in [6.07, 6.45) is 3.07. The fraction of sp³-hybridized carbons (Fsp3) is 0.750. The Labute approximate surface area is 354 Å². The molecule has 1 heterocycles. The van der Waals surface area contributed by atoms with Crippen molar-refractivity contribution in [3.05, 3.63) is 35.9 Å². The molecule has 13 nitrogen and oxygen atoms in total. The van der Waals surface area contributed by atoms with Gasteiger partial charge in [0, 0.05) is 39.8 Å². The van der Waals surface area contributed by atoms with Crippen LogP contribution in [0.4, 0.5) is 0 Å². The van der Waals surface area contributed by atoms with Crippen LogP contribution < -0.4 is 16.0 Å². The highest BCUT2D eigenvalue weighted by Crippen LogP contribution is 2.30. The average Bonchev–Trinajstić information content (AvgIpc) is 3.65. The second-order valence-electron chi connectivity index (χ2n) is 17.7. The second kappa shape index (κ2) is 23.6. The first-order valence-corrected chi connectivity index (χ1v) is 22.2. The van der Waals surface area contributed by atoms with Gasteiger partial charge in [0.25, 0.3) is 0 Å². The number of likely N-dealkylation sites (tertiary alicyclic amines) is 1. The first-order chi connectivity index (χ1) is 27.1. The molecule has 5 amide bonds. The van der Waals surface area contributed by atoms with E-state index in [4.69, 9.17) is 9.47 Å².